The molecule has 2 N–H and O–H groups in total. The number of esters is 1. The molecule has 1 aliphatic rings. The lowest BCUT2D eigenvalue weighted by Gasteiger charge is -2.35. The van der Waals surface area contributed by atoms with Crippen LogP contribution < -0.4 is 10.6 Å². The van der Waals surface area contributed by atoms with Gasteiger partial charge < -0.3 is 20.3 Å². The van der Waals surface area contributed by atoms with E-state index in [2.05, 4.69) is 10.6 Å². The van der Waals surface area contributed by atoms with Gasteiger partial charge in [0.15, 0.2) is 5.11 Å². The molecule has 0 saturated carbocycles. The molecule has 0 radical (unpaired) electrons. The fourth-order valence-corrected chi connectivity index (χ4v) is 3.64. The third-order valence-corrected chi connectivity index (χ3v) is 5.63. The molecule has 1 atom stereocenters. The highest BCUT2D eigenvalue weighted by atomic mass is 32.1. The number of rotatable bonds is 7. The van der Waals surface area contributed by atoms with Gasteiger partial charge in [-0.2, -0.15) is 0 Å². The van der Waals surface area contributed by atoms with Gasteiger partial charge >= 0.3 is 5.97 Å². The van der Waals surface area contributed by atoms with Crippen molar-refractivity contribution in [2.45, 2.75) is 26.8 Å². The van der Waals surface area contributed by atoms with Gasteiger partial charge in [-0.15, -0.1) is 0 Å². The van der Waals surface area contributed by atoms with Crippen LogP contribution >= 0.6 is 12.2 Å². The summed E-state index contributed by atoms with van der Waals surface area (Å²) in [4.78, 5) is 27.1. The summed E-state index contributed by atoms with van der Waals surface area (Å²) in [6.45, 7) is 6.17. The summed E-state index contributed by atoms with van der Waals surface area (Å²) in [6.07, 6.45) is 3.24. The Bertz CT molecular complexity index is 1090. The first-order valence-electron chi connectivity index (χ1n) is 10.8. The molecule has 0 spiro atoms. The van der Waals surface area contributed by atoms with Crippen LogP contribution in [0.4, 0.5) is 5.69 Å². The molecule has 1 amide bonds. The summed E-state index contributed by atoms with van der Waals surface area (Å²) >= 11 is 5.46. The van der Waals surface area contributed by atoms with E-state index in [4.69, 9.17) is 17.0 Å². The Labute approximate surface area is 200 Å². The highest BCUT2D eigenvalue weighted by Crippen LogP contribution is 2.32. The topological polar surface area (TPSA) is 70.7 Å². The molecule has 0 aromatic heterocycles. The number of carbonyl (C=O) groups is 2. The van der Waals surface area contributed by atoms with E-state index in [9.17, 15) is 9.59 Å². The highest BCUT2D eigenvalue weighted by Gasteiger charge is 2.33. The standard InChI is InChI=1S/C26H29N3O3S/c1-17(2)16-32-25(31)23-18(3)29(4)26(33)28-24(23)20-11-8-12-21(15-20)27-22(30)14-13-19-9-6-5-7-10-19/h5-15,17,24H,16H2,1-4H3,(H,27,30)(H,28,33). The van der Waals surface area contributed by atoms with E-state index in [0.717, 1.165) is 16.8 Å². The van der Waals surface area contributed by atoms with Crippen molar-refractivity contribution in [1.29, 1.82) is 0 Å². The number of hydrogen-bond donors (Lipinski definition) is 2. The van der Waals surface area contributed by atoms with Gasteiger partial charge in [-0.3, -0.25) is 4.79 Å². The normalized spacial score (nSPS) is 16.2. The van der Waals surface area contributed by atoms with E-state index in [0.29, 0.717) is 23.0 Å². The van der Waals surface area contributed by atoms with Crippen molar-refractivity contribution in [3.05, 3.63) is 83.1 Å². The molecule has 2 aromatic rings. The molecule has 1 heterocycles. The summed E-state index contributed by atoms with van der Waals surface area (Å²) in [7, 11) is 1.81. The predicted octanol–water partition coefficient (Wildman–Crippen LogP) is 4.67. The largest absolute Gasteiger partial charge is 0.462 e. The van der Waals surface area contributed by atoms with Crippen molar-refractivity contribution in [2.75, 3.05) is 19.0 Å². The Hall–Kier alpha value is -3.45. The Kier molecular flexibility index (Phi) is 8.01. The second kappa shape index (κ2) is 10.9. The van der Waals surface area contributed by atoms with Crippen LogP contribution in [0.5, 0.6) is 0 Å². The van der Waals surface area contributed by atoms with Crippen LogP contribution in [0, 0.1) is 5.92 Å². The average molecular weight is 464 g/mol. The molecule has 1 aliphatic heterocycles. The monoisotopic (exact) mass is 463 g/mol. The van der Waals surface area contributed by atoms with E-state index in [1.807, 2.05) is 76.3 Å². The van der Waals surface area contributed by atoms with E-state index in [1.165, 1.54) is 6.08 Å². The van der Waals surface area contributed by atoms with Gasteiger partial charge in [0.25, 0.3) is 0 Å². The third kappa shape index (κ3) is 6.29. The minimum absolute atomic E-state index is 0.228. The number of ether oxygens (including phenoxy) is 1. The van der Waals surface area contributed by atoms with Crippen LogP contribution in [0.1, 0.15) is 37.9 Å². The second-order valence-corrected chi connectivity index (χ2v) is 8.68. The van der Waals surface area contributed by atoms with Crippen LogP contribution in [0.2, 0.25) is 0 Å². The van der Waals surface area contributed by atoms with Gasteiger partial charge in [-0.05, 0) is 54.4 Å². The van der Waals surface area contributed by atoms with E-state index in [-0.39, 0.29) is 17.8 Å². The van der Waals surface area contributed by atoms with Crippen LogP contribution in [-0.4, -0.2) is 35.5 Å². The molecule has 1 unspecified atom stereocenters. The molecule has 0 aliphatic carbocycles. The smallest absolute Gasteiger partial charge is 0.338 e. The molecule has 0 fully saturated rings. The first-order chi connectivity index (χ1) is 15.8. The van der Waals surface area contributed by atoms with Gasteiger partial charge in [0.05, 0.1) is 18.2 Å². The van der Waals surface area contributed by atoms with Gasteiger partial charge in [0, 0.05) is 24.5 Å². The molecule has 7 heteroatoms. The van der Waals surface area contributed by atoms with E-state index < -0.39 is 6.04 Å². The lowest BCUT2D eigenvalue weighted by molar-refractivity contribution is -0.140. The van der Waals surface area contributed by atoms with Gasteiger partial charge in [-0.25, -0.2) is 4.79 Å². The maximum atomic E-state index is 13.0. The second-order valence-electron chi connectivity index (χ2n) is 8.29. The summed E-state index contributed by atoms with van der Waals surface area (Å²) in [5.74, 6) is -0.398. The number of amides is 1. The molecule has 0 bridgehead atoms. The molecular weight excluding hydrogens is 434 g/mol. The van der Waals surface area contributed by atoms with Crippen LogP contribution in [0.25, 0.3) is 6.08 Å². The summed E-state index contributed by atoms with van der Waals surface area (Å²) in [6, 6.07) is 16.5. The quantitative estimate of drug-likeness (QED) is 0.353. The lowest BCUT2D eigenvalue weighted by atomic mass is 9.94. The molecule has 0 saturated heterocycles. The van der Waals surface area contributed by atoms with Crippen LogP contribution in [0.15, 0.2) is 71.9 Å². The molecule has 6 nitrogen and oxygen atoms in total. The van der Waals surface area contributed by atoms with Crippen molar-refractivity contribution in [3.8, 4) is 0 Å². The summed E-state index contributed by atoms with van der Waals surface area (Å²) in [5, 5.41) is 6.62. The summed E-state index contributed by atoms with van der Waals surface area (Å²) < 4.78 is 5.53. The Morgan fingerprint density at radius 2 is 1.91 bits per heavy atom. The van der Waals surface area contributed by atoms with Gasteiger partial charge in [-0.1, -0.05) is 56.3 Å². The maximum absolute atomic E-state index is 13.0. The number of carbonyl (C=O) groups excluding carboxylic acids is 2. The summed E-state index contributed by atoms with van der Waals surface area (Å²) in [5.41, 5.74) is 3.59. The average Bonchev–Trinajstić information content (AvgIpc) is 2.80. The number of thiocarbonyl (C=S) groups is 1. The van der Waals surface area contributed by atoms with Crippen LogP contribution in [0.3, 0.4) is 0 Å². The SMILES string of the molecule is CC1=C(C(=O)OCC(C)C)C(c2cccc(NC(=O)C=Cc3ccccc3)c2)NC(=S)N1C. The Morgan fingerprint density at radius 1 is 1.18 bits per heavy atom. The molecule has 172 valence electrons. The zero-order chi connectivity index (χ0) is 24.0. The van der Waals surface area contributed by atoms with Crippen molar-refractivity contribution < 1.29 is 14.3 Å². The number of nitrogens with zero attached hydrogens (tertiary/aromatic N) is 1. The zero-order valence-electron chi connectivity index (χ0n) is 19.3. The number of allylic oxidation sites excluding steroid dienone is 1. The highest BCUT2D eigenvalue weighted by molar-refractivity contribution is 7.80. The molecule has 33 heavy (non-hydrogen) atoms. The van der Waals surface area contributed by atoms with E-state index in [1.54, 1.807) is 17.0 Å². The number of benzene rings is 2. The maximum Gasteiger partial charge on any atom is 0.338 e. The lowest BCUT2D eigenvalue weighted by Crippen LogP contribution is -2.46. The Balaban J connectivity index is 1.83. The third-order valence-electron chi connectivity index (χ3n) is 5.24. The minimum atomic E-state index is -0.481. The first kappa shape index (κ1) is 24.2. The van der Waals surface area contributed by atoms with Crippen LogP contribution in [-0.2, 0) is 14.3 Å². The molecular formula is C26H29N3O3S. The molecule has 2 aromatic carbocycles. The fourth-order valence-electron chi connectivity index (χ4n) is 3.39. The minimum Gasteiger partial charge on any atom is -0.462 e. The number of hydrogen-bond acceptors (Lipinski definition) is 4. The predicted molar refractivity (Wildman–Crippen MR) is 135 cm³/mol. The van der Waals surface area contributed by atoms with Crippen molar-refractivity contribution in [3.63, 3.8) is 0 Å². The number of anilines is 1. The van der Waals surface area contributed by atoms with Crippen molar-refractivity contribution in [2.24, 2.45) is 5.92 Å². The van der Waals surface area contributed by atoms with Gasteiger partial charge in [0.1, 0.15) is 0 Å². The number of nitrogens with one attached hydrogen (secondary N) is 2. The zero-order valence-corrected chi connectivity index (χ0v) is 20.1. The van der Waals surface area contributed by atoms with Crippen molar-refractivity contribution in [1.82, 2.24) is 10.2 Å². The van der Waals surface area contributed by atoms with Gasteiger partial charge in [0.2, 0.25) is 5.91 Å². The fraction of sp³-hybridized carbons (Fsp3) is 0.269. The Morgan fingerprint density at radius 3 is 2.61 bits per heavy atom. The molecule has 3 rings (SSSR count). The first-order valence-corrected chi connectivity index (χ1v) is 11.2. The van der Waals surface area contributed by atoms with E-state index >= 15 is 0 Å². The van der Waals surface area contributed by atoms with Crippen molar-refractivity contribution >= 4 is 41.0 Å².